The van der Waals surface area contributed by atoms with E-state index >= 15 is 0 Å². The van der Waals surface area contributed by atoms with Gasteiger partial charge in [0.1, 0.15) is 5.75 Å². The zero-order chi connectivity index (χ0) is 17.4. The van der Waals surface area contributed by atoms with Crippen molar-refractivity contribution in [1.82, 2.24) is 0 Å². The number of sulfonamides is 1. The van der Waals surface area contributed by atoms with Crippen LogP contribution in [-0.2, 0) is 14.8 Å². The Balaban J connectivity index is 1.94. The molecular weight excluding hydrogens is 330 g/mol. The first-order valence-corrected chi connectivity index (χ1v) is 8.70. The molecule has 0 aliphatic heterocycles. The first-order chi connectivity index (χ1) is 11.4. The van der Waals surface area contributed by atoms with Gasteiger partial charge in [-0.2, -0.15) is 0 Å². The van der Waals surface area contributed by atoms with Crippen molar-refractivity contribution in [1.29, 1.82) is 0 Å². The van der Waals surface area contributed by atoms with Crippen molar-refractivity contribution in [3.05, 3.63) is 65.6 Å². The van der Waals surface area contributed by atoms with E-state index in [-0.39, 0.29) is 13.0 Å². The lowest BCUT2D eigenvalue weighted by Crippen LogP contribution is -2.09. The highest BCUT2D eigenvalue weighted by Crippen LogP contribution is 2.17. The molecule has 0 saturated carbocycles. The van der Waals surface area contributed by atoms with Gasteiger partial charge < -0.3 is 9.84 Å². The second-order valence-electron chi connectivity index (χ2n) is 4.88. The molecule has 126 valence electrons. The number of ether oxygens (including phenoxy) is 1. The van der Waals surface area contributed by atoms with Gasteiger partial charge in [0.25, 0.3) is 10.0 Å². The summed E-state index contributed by atoms with van der Waals surface area (Å²) in [5, 5.41) is 9.63. The summed E-state index contributed by atoms with van der Waals surface area (Å²) in [4.78, 5) is 10.4. The van der Waals surface area contributed by atoms with Gasteiger partial charge >= 0.3 is 5.97 Å². The van der Waals surface area contributed by atoms with Crippen LogP contribution in [0.5, 0.6) is 5.75 Å². The van der Waals surface area contributed by atoms with Crippen LogP contribution in [-0.4, -0.2) is 26.1 Å². The summed E-state index contributed by atoms with van der Waals surface area (Å²) in [6.45, 7) is 0.0558. The van der Waals surface area contributed by atoms with Crippen LogP contribution < -0.4 is 9.46 Å². The number of hydrogen-bond donors (Lipinski definition) is 2. The summed E-state index contributed by atoms with van der Waals surface area (Å²) in [5.74, 6) is -0.469. The molecule has 6 nitrogen and oxygen atoms in total. The minimum absolute atomic E-state index is 0.0558. The van der Waals surface area contributed by atoms with E-state index in [4.69, 9.17) is 9.84 Å². The molecule has 0 spiro atoms. The number of carboxylic acid groups (broad SMARTS) is 1. The van der Waals surface area contributed by atoms with E-state index < -0.39 is 16.0 Å². The molecule has 0 unspecified atom stereocenters. The van der Waals surface area contributed by atoms with Gasteiger partial charge in [0.15, 0.2) is 0 Å². The molecule has 7 heteroatoms. The van der Waals surface area contributed by atoms with Gasteiger partial charge in [-0.25, -0.2) is 8.42 Å². The Morgan fingerprint density at radius 1 is 1.08 bits per heavy atom. The van der Waals surface area contributed by atoms with Gasteiger partial charge in [0.2, 0.25) is 0 Å². The molecule has 0 saturated heterocycles. The summed E-state index contributed by atoms with van der Waals surface area (Å²) in [5.41, 5.74) is 1.17. The first-order valence-electron chi connectivity index (χ1n) is 7.15. The van der Waals surface area contributed by atoms with Crippen molar-refractivity contribution >= 4 is 27.8 Å². The minimum Gasteiger partial charge on any atom is -0.493 e. The highest BCUT2D eigenvalue weighted by atomic mass is 32.2. The van der Waals surface area contributed by atoms with Crippen LogP contribution >= 0.6 is 0 Å². The molecule has 0 aromatic heterocycles. The fourth-order valence-corrected chi connectivity index (χ4v) is 2.67. The molecule has 2 rings (SSSR count). The highest BCUT2D eigenvalue weighted by Gasteiger charge is 2.06. The highest BCUT2D eigenvalue weighted by molar-refractivity contribution is 7.95. The number of nitrogens with one attached hydrogen (secondary N) is 1. The third kappa shape index (κ3) is 6.13. The number of rotatable bonds is 8. The maximum Gasteiger partial charge on any atom is 0.306 e. The van der Waals surface area contributed by atoms with Crippen LogP contribution in [0.3, 0.4) is 0 Å². The predicted molar refractivity (Wildman–Crippen MR) is 92.2 cm³/mol. The Kier molecular flexibility index (Phi) is 5.97. The van der Waals surface area contributed by atoms with Gasteiger partial charge in [-0.3, -0.25) is 9.52 Å². The van der Waals surface area contributed by atoms with E-state index in [1.54, 1.807) is 36.4 Å². The molecule has 2 aromatic rings. The summed E-state index contributed by atoms with van der Waals surface area (Å²) in [7, 11) is -3.62. The summed E-state index contributed by atoms with van der Waals surface area (Å²) in [6.07, 6.45) is 1.41. The van der Waals surface area contributed by atoms with Crippen LogP contribution in [0, 0.1) is 0 Å². The molecule has 0 fully saturated rings. The smallest absolute Gasteiger partial charge is 0.306 e. The topological polar surface area (TPSA) is 92.7 Å². The Morgan fingerprint density at radius 3 is 2.38 bits per heavy atom. The summed E-state index contributed by atoms with van der Waals surface area (Å²) >= 11 is 0. The number of anilines is 1. The lowest BCUT2D eigenvalue weighted by Gasteiger charge is -2.07. The van der Waals surface area contributed by atoms with E-state index in [9.17, 15) is 13.2 Å². The maximum atomic E-state index is 12.0. The Bertz CT molecular complexity index is 799. The van der Waals surface area contributed by atoms with Crippen LogP contribution in [0.4, 0.5) is 5.69 Å². The molecule has 0 aliphatic carbocycles. The normalized spacial score (nSPS) is 11.3. The first kappa shape index (κ1) is 17.6. The van der Waals surface area contributed by atoms with Gasteiger partial charge in [0.05, 0.1) is 18.4 Å². The maximum absolute atomic E-state index is 12.0. The second kappa shape index (κ2) is 8.16. The second-order valence-corrected chi connectivity index (χ2v) is 6.44. The Labute approximate surface area is 140 Å². The number of carbonyl (C=O) groups is 1. The quantitative estimate of drug-likeness (QED) is 0.766. The average Bonchev–Trinajstić information content (AvgIpc) is 2.55. The van der Waals surface area contributed by atoms with E-state index in [1.807, 2.05) is 18.2 Å². The van der Waals surface area contributed by atoms with Crippen LogP contribution in [0.25, 0.3) is 6.08 Å². The zero-order valence-corrected chi connectivity index (χ0v) is 13.6. The molecule has 24 heavy (non-hydrogen) atoms. The van der Waals surface area contributed by atoms with Crippen molar-refractivity contribution in [3.63, 3.8) is 0 Å². The predicted octanol–water partition coefficient (Wildman–Crippen LogP) is 2.95. The van der Waals surface area contributed by atoms with Crippen LogP contribution in [0.15, 0.2) is 60.0 Å². The average molecular weight is 347 g/mol. The van der Waals surface area contributed by atoms with Crippen molar-refractivity contribution in [2.24, 2.45) is 0 Å². The van der Waals surface area contributed by atoms with Gasteiger partial charge in [-0.05, 0) is 35.9 Å². The van der Waals surface area contributed by atoms with Crippen LogP contribution in [0.2, 0.25) is 0 Å². The monoisotopic (exact) mass is 347 g/mol. The molecular formula is C17H17NO5S. The van der Waals surface area contributed by atoms with E-state index in [0.717, 1.165) is 11.0 Å². The molecule has 0 amide bonds. The fraction of sp³-hybridized carbons (Fsp3) is 0.118. The molecule has 0 heterocycles. The lowest BCUT2D eigenvalue weighted by molar-refractivity contribution is -0.137. The van der Waals surface area contributed by atoms with Crippen molar-refractivity contribution < 1.29 is 23.1 Å². The largest absolute Gasteiger partial charge is 0.493 e. The Morgan fingerprint density at radius 2 is 1.75 bits per heavy atom. The number of aliphatic carboxylic acids is 1. The SMILES string of the molecule is O=C(O)CCOc1ccc(NS(=O)(=O)/C=C/c2ccccc2)cc1. The lowest BCUT2D eigenvalue weighted by atomic mass is 10.2. The molecule has 2 aromatic carbocycles. The number of benzene rings is 2. The van der Waals surface area contributed by atoms with Gasteiger partial charge in [-0.15, -0.1) is 0 Å². The molecule has 0 aliphatic rings. The van der Waals surface area contributed by atoms with E-state index in [0.29, 0.717) is 11.4 Å². The Hall–Kier alpha value is -2.80. The number of carboxylic acids is 1. The van der Waals surface area contributed by atoms with E-state index in [2.05, 4.69) is 4.72 Å². The molecule has 2 N–H and O–H groups in total. The van der Waals surface area contributed by atoms with Crippen molar-refractivity contribution in [3.8, 4) is 5.75 Å². The molecule has 0 radical (unpaired) electrons. The van der Waals surface area contributed by atoms with E-state index in [1.165, 1.54) is 6.08 Å². The van der Waals surface area contributed by atoms with Crippen molar-refractivity contribution in [2.75, 3.05) is 11.3 Å². The summed E-state index contributed by atoms with van der Waals surface area (Å²) < 4.78 is 31.7. The van der Waals surface area contributed by atoms with Crippen molar-refractivity contribution in [2.45, 2.75) is 6.42 Å². The minimum atomic E-state index is -3.62. The van der Waals surface area contributed by atoms with Gasteiger partial charge in [-0.1, -0.05) is 30.3 Å². The third-order valence-corrected chi connectivity index (χ3v) is 3.95. The number of hydrogen-bond acceptors (Lipinski definition) is 4. The summed E-state index contributed by atoms with van der Waals surface area (Å²) in [6, 6.07) is 15.3. The standard InChI is InChI=1S/C17H17NO5S/c19-17(20)10-12-23-16-8-6-15(7-9-16)18-24(21,22)13-11-14-4-2-1-3-5-14/h1-9,11,13,18H,10,12H2,(H,19,20)/b13-11+. The van der Waals surface area contributed by atoms with Crippen LogP contribution in [0.1, 0.15) is 12.0 Å². The zero-order valence-electron chi connectivity index (χ0n) is 12.8. The fourth-order valence-electron chi connectivity index (χ4n) is 1.81. The molecule has 0 atom stereocenters. The van der Waals surface area contributed by atoms with Gasteiger partial charge in [0, 0.05) is 5.69 Å². The molecule has 0 bridgehead atoms. The third-order valence-electron chi connectivity index (χ3n) is 2.94.